The van der Waals surface area contributed by atoms with Crippen LogP contribution < -0.4 is 4.74 Å². The van der Waals surface area contributed by atoms with Crippen molar-refractivity contribution in [3.63, 3.8) is 0 Å². The Morgan fingerprint density at radius 1 is 1.27 bits per heavy atom. The third-order valence-corrected chi connectivity index (χ3v) is 1.80. The van der Waals surface area contributed by atoms with Crippen molar-refractivity contribution in [2.24, 2.45) is 0 Å². The zero-order valence-electron chi connectivity index (χ0n) is 7.01. The number of hydrogen-bond donors (Lipinski definition) is 1. The average molecular weight is 152 g/mol. The molecule has 0 saturated carbocycles. The van der Waals surface area contributed by atoms with Crippen molar-refractivity contribution in [2.75, 3.05) is 7.11 Å². The fourth-order valence-corrected chi connectivity index (χ4v) is 1.04. The lowest BCUT2D eigenvalue weighted by Gasteiger charge is -2.07. The topological polar surface area (TPSA) is 29.5 Å². The smallest absolute Gasteiger partial charge is 0.125 e. The van der Waals surface area contributed by atoms with Gasteiger partial charge in [-0.3, -0.25) is 0 Å². The van der Waals surface area contributed by atoms with Crippen molar-refractivity contribution in [3.05, 3.63) is 23.3 Å². The SMILES string of the molecule is COc1ccc(C)c(O)c1C. The van der Waals surface area contributed by atoms with Gasteiger partial charge < -0.3 is 9.84 Å². The van der Waals surface area contributed by atoms with Crippen molar-refractivity contribution in [1.82, 2.24) is 0 Å². The lowest BCUT2D eigenvalue weighted by molar-refractivity contribution is 0.402. The van der Waals surface area contributed by atoms with Crippen molar-refractivity contribution < 1.29 is 9.84 Å². The first-order valence-corrected chi connectivity index (χ1v) is 3.50. The van der Waals surface area contributed by atoms with E-state index in [4.69, 9.17) is 4.74 Å². The minimum atomic E-state index is 0.323. The fourth-order valence-electron chi connectivity index (χ4n) is 1.04. The molecule has 0 aliphatic rings. The van der Waals surface area contributed by atoms with E-state index in [-0.39, 0.29) is 0 Å². The number of hydrogen-bond acceptors (Lipinski definition) is 2. The number of aryl methyl sites for hydroxylation is 1. The molecule has 1 N–H and O–H groups in total. The molecule has 0 heterocycles. The number of rotatable bonds is 1. The van der Waals surface area contributed by atoms with Gasteiger partial charge in [0.2, 0.25) is 0 Å². The molecule has 0 fully saturated rings. The Balaban J connectivity index is 3.25. The van der Waals surface area contributed by atoms with Crippen LogP contribution >= 0.6 is 0 Å². The van der Waals surface area contributed by atoms with E-state index in [0.717, 1.165) is 16.9 Å². The van der Waals surface area contributed by atoms with Crippen LogP contribution in [0.4, 0.5) is 0 Å². The molecule has 2 heteroatoms. The van der Waals surface area contributed by atoms with E-state index in [0.29, 0.717) is 5.75 Å². The standard InChI is InChI=1S/C9H12O2/c1-6-4-5-8(11-3)7(2)9(6)10/h4-5,10H,1-3H3. The molecule has 2 nitrogen and oxygen atoms in total. The third-order valence-electron chi connectivity index (χ3n) is 1.80. The second-order valence-corrected chi connectivity index (χ2v) is 2.56. The molecule has 1 rings (SSSR count). The largest absolute Gasteiger partial charge is 0.507 e. The molecule has 0 radical (unpaired) electrons. The van der Waals surface area contributed by atoms with E-state index in [2.05, 4.69) is 0 Å². The number of benzene rings is 1. The molecule has 0 aliphatic carbocycles. The van der Waals surface area contributed by atoms with Crippen LogP contribution in [-0.4, -0.2) is 12.2 Å². The van der Waals surface area contributed by atoms with Crippen molar-refractivity contribution in [3.8, 4) is 11.5 Å². The van der Waals surface area contributed by atoms with Gasteiger partial charge in [-0.05, 0) is 25.5 Å². The van der Waals surface area contributed by atoms with Crippen LogP contribution in [0, 0.1) is 13.8 Å². The summed E-state index contributed by atoms with van der Waals surface area (Å²) in [5.74, 6) is 1.05. The summed E-state index contributed by atoms with van der Waals surface area (Å²) in [7, 11) is 1.59. The Hall–Kier alpha value is -1.18. The van der Waals surface area contributed by atoms with Gasteiger partial charge in [-0.2, -0.15) is 0 Å². The summed E-state index contributed by atoms with van der Waals surface area (Å²) in [5, 5.41) is 9.44. The zero-order chi connectivity index (χ0) is 8.43. The molecule has 0 aromatic heterocycles. The van der Waals surface area contributed by atoms with Crippen molar-refractivity contribution >= 4 is 0 Å². The molecular weight excluding hydrogens is 140 g/mol. The Bertz CT molecular complexity index is 267. The quantitative estimate of drug-likeness (QED) is 0.667. The molecule has 0 amide bonds. The van der Waals surface area contributed by atoms with Gasteiger partial charge in [0.05, 0.1) is 7.11 Å². The summed E-state index contributed by atoms with van der Waals surface area (Å²) >= 11 is 0. The first-order chi connectivity index (χ1) is 5.16. The van der Waals surface area contributed by atoms with Gasteiger partial charge in [0.15, 0.2) is 0 Å². The summed E-state index contributed by atoms with van der Waals surface area (Å²) < 4.78 is 5.02. The maximum absolute atomic E-state index is 9.44. The fraction of sp³-hybridized carbons (Fsp3) is 0.333. The number of phenolic OH excluding ortho intramolecular Hbond substituents is 1. The average Bonchev–Trinajstić information content (AvgIpc) is 2.01. The van der Waals surface area contributed by atoms with E-state index in [1.165, 1.54) is 0 Å². The van der Waals surface area contributed by atoms with Gasteiger partial charge in [0.1, 0.15) is 11.5 Å². The van der Waals surface area contributed by atoms with E-state index in [1.54, 1.807) is 7.11 Å². The predicted octanol–water partition coefficient (Wildman–Crippen LogP) is 2.02. The van der Waals surface area contributed by atoms with Crippen molar-refractivity contribution in [1.29, 1.82) is 0 Å². The molecular formula is C9H12O2. The highest BCUT2D eigenvalue weighted by Crippen LogP contribution is 2.29. The van der Waals surface area contributed by atoms with Crippen molar-refractivity contribution in [2.45, 2.75) is 13.8 Å². The van der Waals surface area contributed by atoms with Gasteiger partial charge in [0.25, 0.3) is 0 Å². The lowest BCUT2D eigenvalue weighted by Crippen LogP contribution is -1.88. The van der Waals surface area contributed by atoms with Crippen LogP contribution in [0.5, 0.6) is 11.5 Å². The molecule has 0 unspecified atom stereocenters. The van der Waals surface area contributed by atoms with Gasteiger partial charge >= 0.3 is 0 Å². The second-order valence-electron chi connectivity index (χ2n) is 2.56. The van der Waals surface area contributed by atoms with Crippen LogP contribution in [0.15, 0.2) is 12.1 Å². The normalized spacial score (nSPS) is 9.73. The lowest BCUT2D eigenvalue weighted by atomic mass is 10.1. The van der Waals surface area contributed by atoms with Crippen LogP contribution in [0.25, 0.3) is 0 Å². The number of methoxy groups -OCH3 is 1. The number of aromatic hydroxyl groups is 1. The Morgan fingerprint density at radius 2 is 1.91 bits per heavy atom. The van der Waals surface area contributed by atoms with Crippen LogP contribution in [0.2, 0.25) is 0 Å². The number of ether oxygens (including phenoxy) is 1. The minimum Gasteiger partial charge on any atom is -0.507 e. The molecule has 0 bridgehead atoms. The van der Waals surface area contributed by atoms with Gasteiger partial charge in [-0.15, -0.1) is 0 Å². The highest BCUT2D eigenvalue weighted by molar-refractivity contribution is 5.47. The molecule has 11 heavy (non-hydrogen) atoms. The summed E-state index contributed by atoms with van der Waals surface area (Å²) in [6.07, 6.45) is 0. The number of phenols is 1. The zero-order valence-corrected chi connectivity index (χ0v) is 7.01. The van der Waals surface area contributed by atoms with E-state index < -0.39 is 0 Å². The maximum Gasteiger partial charge on any atom is 0.125 e. The molecule has 1 aromatic carbocycles. The van der Waals surface area contributed by atoms with Gasteiger partial charge in [-0.1, -0.05) is 6.07 Å². The Kier molecular flexibility index (Phi) is 2.03. The molecule has 60 valence electrons. The molecule has 0 atom stereocenters. The van der Waals surface area contributed by atoms with Crippen LogP contribution in [0.1, 0.15) is 11.1 Å². The second kappa shape index (κ2) is 2.82. The Morgan fingerprint density at radius 3 is 2.45 bits per heavy atom. The minimum absolute atomic E-state index is 0.323. The van der Waals surface area contributed by atoms with E-state index in [1.807, 2.05) is 26.0 Å². The summed E-state index contributed by atoms with van der Waals surface area (Å²) in [5.41, 5.74) is 1.68. The van der Waals surface area contributed by atoms with E-state index in [9.17, 15) is 5.11 Å². The first-order valence-electron chi connectivity index (χ1n) is 3.50. The van der Waals surface area contributed by atoms with Crippen LogP contribution in [-0.2, 0) is 0 Å². The Labute approximate surface area is 66.4 Å². The highest BCUT2D eigenvalue weighted by Gasteiger charge is 2.04. The first kappa shape index (κ1) is 7.92. The third kappa shape index (κ3) is 1.29. The maximum atomic E-state index is 9.44. The molecule has 0 saturated heterocycles. The molecule has 0 spiro atoms. The summed E-state index contributed by atoms with van der Waals surface area (Å²) in [6, 6.07) is 3.69. The summed E-state index contributed by atoms with van der Waals surface area (Å²) in [6.45, 7) is 3.70. The van der Waals surface area contributed by atoms with Gasteiger partial charge in [0, 0.05) is 5.56 Å². The summed E-state index contributed by atoms with van der Waals surface area (Å²) in [4.78, 5) is 0. The predicted molar refractivity (Wildman–Crippen MR) is 44.1 cm³/mol. The monoisotopic (exact) mass is 152 g/mol. The molecule has 1 aromatic rings. The molecule has 0 aliphatic heterocycles. The van der Waals surface area contributed by atoms with E-state index >= 15 is 0 Å². The van der Waals surface area contributed by atoms with Crippen LogP contribution in [0.3, 0.4) is 0 Å². The van der Waals surface area contributed by atoms with Gasteiger partial charge in [-0.25, -0.2) is 0 Å². The highest BCUT2D eigenvalue weighted by atomic mass is 16.5.